The van der Waals surface area contributed by atoms with Gasteiger partial charge in [0.1, 0.15) is 0 Å². The molecule has 7 heteroatoms. The van der Waals surface area contributed by atoms with Gasteiger partial charge in [-0.1, -0.05) is 121 Å². The Bertz CT molecular complexity index is 996. The average Bonchev–Trinajstić information content (AvgIpc) is 2.81. The van der Waals surface area contributed by atoms with E-state index in [0.717, 1.165) is 4.78 Å². The molecule has 0 aliphatic rings. The van der Waals surface area contributed by atoms with E-state index in [1.165, 1.54) is 21.2 Å². The van der Waals surface area contributed by atoms with Crippen molar-refractivity contribution < 1.29 is 19.5 Å². The molecule has 0 atom stereocenters. The summed E-state index contributed by atoms with van der Waals surface area (Å²) in [6, 6.07) is 42.0. The van der Waals surface area contributed by atoms with Crippen LogP contribution < -0.4 is 37.7 Å². The Morgan fingerprint density at radius 1 is 0.438 bits per heavy atom. The first kappa shape index (κ1) is 25.2. The molecule has 0 unspecified atom stereocenters. The van der Waals surface area contributed by atoms with Crippen molar-refractivity contribution in [3.63, 3.8) is 0 Å². The fraction of sp³-hybridized carbons (Fsp3) is 0. The van der Waals surface area contributed by atoms with Gasteiger partial charge in [-0.3, -0.25) is 16.5 Å². The summed E-state index contributed by atoms with van der Waals surface area (Å²) in [5.41, 5.74) is 20.1. The summed E-state index contributed by atoms with van der Waals surface area (Å²) in [7, 11) is -4.76. The zero-order valence-corrected chi connectivity index (χ0v) is 21.9. The van der Waals surface area contributed by atoms with Gasteiger partial charge in [0, 0.05) is 24.3 Å². The van der Waals surface area contributed by atoms with Gasteiger partial charge in [0.15, 0.2) is 0 Å². The molecule has 0 radical (unpaired) electrons. The topological polar surface area (TPSA) is 78.1 Å². The van der Waals surface area contributed by atoms with Gasteiger partial charge in [0.05, 0.1) is 7.34 Å². The van der Waals surface area contributed by atoms with Crippen LogP contribution in [0.3, 0.4) is 0 Å². The second kappa shape index (κ2) is 11.6. The van der Waals surface area contributed by atoms with Gasteiger partial charge in [-0.25, -0.2) is 0 Å². The third-order valence-electron chi connectivity index (χ3n) is 4.80. The van der Waals surface area contributed by atoms with E-state index in [1.54, 1.807) is 0 Å². The van der Waals surface area contributed by atoms with Gasteiger partial charge in [-0.15, -0.1) is 0 Å². The van der Waals surface area contributed by atoms with Crippen LogP contribution in [0.5, 0.6) is 0 Å². The van der Waals surface area contributed by atoms with Crippen molar-refractivity contribution in [2.24, 2.45) is 16.5 Å². The maximum Gasteiger partial charge on any atom is 0.0750 e. The molecule has 0 bridgehead atoms. The molecule has 0 aromatic heterocycles. The van der Waals surface area contributed by atoms with E-state index in [0.29, 0.717) is 0 Å². The molecule has 0 saturated heterocycles. The Morgan fingerprint density at radius 2 is 0.656 bits per heavy atom. The Morgan fingerprint density at radius 3 is 0.844 bits per heavy atom. The van der Waals surface area contributed by atoms with E-state index in [2.05, 4.69) is 97.1 Å². The smallest absolute Gasteiger partial charge is 0.0750 e. The van der Waals surface area contributed by atoms with Crippen molar-refractivity contribution >= 4 is 49.2 Å². The minimum atomic E-state index is -2.83. The average molecular weight is 562 g/mol. The predicted octanol–water partition coefficient (Wildman–Crippen LogP) is 3.98. The molecule has 0 fully saturated rings. The molecule has 32 heavy (non-hydrogen) atoms. The summed E-state index contributed by atoms with van der Waals surface area (Å²) in [6.45, 7) is 0. The fourth-order valence-electron chi connectivity index (χ4n) is 3.51. The molecular formula is C25H26N3P3Ru. The van der Waals surface area contributed by atoms with Gasteiger partial charge in [-0.05, 0) is 37.1 Å². The van der Waals surface area contributed by atoms with Crippen molar-refractivity contribution in [2.45, 2.75) is 0 Å². The first-order chi connectivity index (χ1) is 15.1. The zero-order chi connectivity index (χ0) is 21.7. The summed E-state index contributed by atoms with van der Waals surface area (Å²) in [6.07, 6.45) is 0. The SMILES string of the molecule is NP(N)(N)=C(P(c1ccccc1)c1ccccc1)P(c1ccccc1)c1ccccc1.[Ru]. The van der Waals surface area contributed by atoms with Gasteiger partial charge >= 0.3 is 0 Å². The first-order valence-corrected chi connectivity index (χ1v) is 14.7. The third-order valence-corrected chi connectivity index (χ3v) is 14.0. The molecule has 6 N–H and O–H groups in total. The molecule has 4 rings (SSSR count). The predicted molar refractivity (Wildman–Crippen MR) is 143 cm³/mol. The van der Waals surface area contributed by atoms with E-state index >= 15 is 0 Å². The van der Waals surface area contributed by atoms with Crippen LogP contribution in [0.25, 0.3) is 0 Å². The number of benzene rings is 4. The van der Waals surface area contributed by atoms with Crippen molar-refractivity contribution in [3.05, 3.63) is 121 Å². The second-order valence-electron chi connectivity index (χ2n) is 7.15. The number of rotatable bonds is 6. The molecule has 3 nitrogen and oxygen atoms in total. The molecule has 0 aliphatic heterocycles. The largest absolute Gasteiger partial charge is 0.288 e. The Kier molecular flexibility index (Phi) is 9.13. The van der Waals surface area contributed by atoms with Crippen LogP contribution in [0, 0.1) is 0 Å². The van der Waals surface area contributed by atoms with Crippen LogP contribution in [0.4, 0.5) is 0 Å². The monoisotopic (exact) mass is 563 g/mol. The van der Waals surface area contributed by atoms with E-state index < -0.39 is 23.2 Å². The van der Waals surface area contributed by atoms with Crippen molar-refractivity contribution in [1.82, 2.24) is 0 Å². The minimum Gasteiger partial charge on any atom is -0.288 e. The van der Waals surface area contributed by atoms with Crippen molar-refractivity contribution in [1.29, 1.82) is 0 Å². The Hall–Kier alpha value is -1.46. The van der Waals surface area contributed by atoms with Crippen LogP contribution in [0.1, 0.15) is 0 Å². The van der Waals surface area contributed by atoms with Crippen molar-refractivity contribution in [3.8, 4) is 0 Å². The van der Waals surface area contributed by atoms with Crippen LogP contribution in [-0.2, 0) is 19.5 Å². The molecular weight excluding hydrogens is 536 g/mol. The summed E-state index contributed by atoms with van der Waals surface area (Å²) >= 11 is 0. The molecule has 0 spiro atoms. The molecule has 4 aromatic rings. The Balaban J connectivity index is 0.00000289. The maximum absolute atomic E-state index is 6.69. The van der Waals surface area contributed by atoms with Gasteiger partial charge in [0.2, 0.25) is 0 Å². The zero-order valence-electron chi connectivity index (χ0n) is 17.5. The van der Waals surface area contributed by atoms with Gasteiger partial charge in [0.25, 0.3) is 0 Å². The molecule has 0 saturated carbocycles. The quantitative estimate of drug-likeness (QED) is 0.246. The number of nitrogens with two attached hydrogens (primary N) is 3. The third kappa shape index (κ3) is 5.91. The first-order valence-electron chi connectivity index (χ1n) is 9.98. The normalized spacial score (nSPS) is 11.3. The molecule has 164 valence electrons. The summed E-state index contributed by atoms with van der Waals surface area (Å²) < 4.78 is 1.09. The number of hydrogen-bond acceptors (Lipinski definition) is 3. The maximum atomic E-state index is 6.69. The van der Waals surface area contributed by atoms with Crippen molar-refractivity contribution in [2.75, 3.05) is 0 Å². The summed E-state index contributed by atoms with van der Waals surface area (Å²) in [4.78, 5) is 0. The minimum absolute atomic E-state index is 0. The molecule has 4 aromatic carbocycles. The van der Waals surface area contributed by atoms with Crippen LogP contribution in [0.2, 0.25) is 0 Å². The van der Waals surface area contributed by atoms with E-state index in [9.17, 15) is 0 Å². The molecule has 0 heterocycles. The number of hydrogen-bond donors (Lipinski definition) is 3. The van der Waals surface area contributed by atoms with E-state index in [4.69, 9.17) is 16.5 Å². The van der Waals surface area contributed by atoms with Crippen LogP contribution >= 0.6 is 23.2 Å². The fourth-order valence-corrected chi connectivity index (χ4v) is 13.3. The van der Waals surface area contributed by atoms with Crippen LogP contribution in [-0.4, -0.2) is 4.78 Å². The summed E-state index contributed by atoms with van der Waals surface area (Å²) in [5.74, 6) is 0. The van der Waals surface area contributed by atoms with E-state index in [1.807, 2.05) is 24.3 Å². The molecule has 0 amide bonds. The molecule has 0 aliphatic carbocycles. The standard InChI is InChI=1S/C25H26N3P3.Ru/c26-31(27,28)25(29(21-13-5-1-6-14-21)22-15-7-2-8-16-22)30(23-17-9-3-10-18-23)24-19-11-4-12-20-24;/h1-20H,26-28H2;. The van der Waals surface area contributed by atoms with E-state index in [-0.39, 0.29) is 19.5 Å². The summed E-state index contributed by atoms with van der Waals surface area (Å²) in [5, 5.41) is 4.85. The Labute approximate surface area is 205 Å². The van der Waals surface area contributed by atoms with Gasteiger partial charge < -0.3 is 0 Å². The van der Waals surface area contributed by atoms with Gasteiger partial charge in [-0.2, -0.15) is 0 Å². The second-order valence-corrected chi connectivity index (χ2v) is 14.6. The van der Waals surface area contributed by atoms with Crippen LogP contribution in [0.15, 0.2) is 121 Å².